The highest BCUT2D eigenvalue weighted by Gasteiger charge is 2.33. The zero-order chi connectivity index (χ0) is 23.2. The van der Waals surface area contributed by atoms with Gasteiger partial charge in [-0.15, -0.1) is 10.2 Å². The van der Waals surface area contributed by atoms with Gasteiger partial charge in [-0.25, -0.2) is 4.79 Å². The van der Waals surface area contributed by atoms with Crippen LogP contribution in [0.5, 0.6) is 0 Å². The molecule has 2 rings (SSSR count). The van der Waals surface area contributed by atoms with Crippen LogP contribution in [0.4, 0.5) is 4.79 Å². The average Bonchev–Trinajstić information content (AvgIpc) is 3.13. The highest BCUT2D eigenvalue weighted by Crippen LogP contribution is 2.27. The van der Waals surface area contributed by atoms with Crippen molar-refractivity contribution in [2.75, 3.05) is 6.26 Å². The van der Waals surface area contributed by atoms with Gasteiger partial charge in [-0.05, 0) is 65.0 Å². The van der Waals surface area contributed by atoms with Gasteiger partial charge in [0.05, 0.1) is 0 Å². The normalized spacial score (nSPS) is 20.2. The topological polar surface area (TPSA) is 123 Å². The van der Waals surface area contributed by atoms with E-state index in [-0.39, 0.29) is 29.7 Å². The fourth-order valence-electron chi connectivity index (χ4n) is 3.52. The van der Waals surface area contributed by atoms with Gasteiger partial charge in [-0.3, -0.25) is 14.9 Å². The Bertz CT molecular complexity index is 766. The molecule has 0 spiro atoms. The van der Waals surface area contributed by atoms with Gasteiger partial charge in [0, 0.05) is 12.0 Å². The van der Waals surface area contributed by atoms with Gasteiger partial charge in [0.1, 0.15) is 11.5 Å². The molecule has 0 unspecified atom stereocenters. The first-order valence-corrected chi connectivity index (χ1v) is 11.9. The molecule has 1 aliphatic carbocycles. The number of aromatic nitrogens is 2. The van der Waals surface area contributed by atoms with E-state index in [1.165, 1.54) is 11.8 Å². The number of rotatable bonds is 7. The van der Waals surface area contributed by atoms with Crippen LogP contribution in [-0.4, -0.2) is 46.0 Å². The van der Waals surface area contributed by atoms with E-state index in [2.05, 4.69) is 20.8 Å². The lowest BCUT2D eigenvalue weighted by atomic mass is 9.85. The van der Waals surface area contributed by atoms with Gasteiger partial charge >= 0.3 is 6.09 Å². The quantitative estimate of drug-likeness (QED) is 0.599. The molecular formula is C21H34N4O5S. The summed E-state index contributed by atoms with van der Waals surface area (Å²) in [6.45, 7) is 9.43. The van der Waals surface area contributed by atoms with Crippen molar-refractivity contribution >= 4 is 29.7 Å². The molecule has 3 amide bonds. The number of hydrogen-bond donors (Lipinski definition) is 2. The zero-order valence-electron chi connectivity index (χ0n) is 19.2. The van der Waals surface area contributed by atoms with E-state index < -0.39 is 23.5 Å². The number of amides is 3. The Morgan fingerprint density at radius 3 is 2.32 bits per heavy atom. The maximum Gasteiger partial charge on any atom is 0.407 e. The molecule has 0 saturated heterocycles. The maximum atomic E-state index is 12.8. The van der Waals surface area contributed by atoms with Crippen LogP contribution in [-0.2, 0) is 14.3 Å². The Kier molecular flexibility index (Phi) is 8.90. The minimum Gasteiger partial charge on any atom is -0.444 e. The second-order valence-electron chi connectivity index (χ2n) is 9.34. The second-order valence-corrected chi connectivity index (χ2v) is 10.1. The Balaban J connectivity index is 1.89. The third-order valence-electron chi connectivity index (χ3n) is 4.98. The monoisotopic (exact) mass is 454 g/mol. The van der Waals surface area contributed by atoms with Gasteiger partial charge in [-0.2, -0.15) is 0 Å². The highest BCUT2D eigenvalue weighted by atomic mass is 32.2. The predicted molar refractivity (Wildman–Crippen MR) is 117 cm³/mol. The van der Waals surface area contributed by atoms with Crippen molar-refractivity contribution in [3.8, 4) is 0 Å². The minimum atomic E-state index is -0.664. The van der Waals surface area contributed by atoms with Gasteiger partial charge in [0.25, 0.3) is 5.22 Å². The molecule has 9 nitrogen and oxygen atoms in total. The van der Waals surface area contributed by atoms with E-state index in [1.807, 2.05) is 40.9 Å². The molecule has 1 heterocycles. The first kappa shape index (κ1) is 25.2. The first-order chi connectivity index (χ1) is 14.5. The fraction of sp³-hybridized carbons (Fsp3) is 0.762. The molecule has 174 valence electrons. The summed E-state index contributed by atoms with van der Waals surface area (Å²) in [4.78, 5) is 37.5. The number of carbonyl (C=O) groups excluding carboxylic acids is 3. The van der Waals surface area contributed by atoms with Crippen molar-refractivity contribution in [1.82, 2.24) is 20.8 Å². The SMILES string of the molecule is CSc1nnc([C@H](CC(C)C)C(=O)NC(=O)C2CCC(NC(=O)OC(C)(C)C)CC2)o1. The van der Waals surface area contributed by atoms with Crippen molar-refractivity contribution in [2.24, 2.45) is 11.8 Å². The van der Waals surface area contributed by atoms with E-state index in [9.17, 15) is 14.4 Å². The molecule has 0 radical (unpaired) electrons. The molecule has 1 atom stereocenters. The Labute approximate surface area is 187 Å². The second kappa shape index (κ2) is 11.0. The van der Waals surface area contributed by atoms with Crippen molar-refractivity contribution in [2.45, 2.75) is 89.5 Å². The van der Waals surface area contributed by atoms with Gasteiger partial charge in [0.15, 0.2) is 0 Å². The van der Waals surface area contributed by atoms with Crippen molar-refractivity contribution < 1.29 is 23.5 Å². The number of hydrogen-bond acceptors (Lipinski definition) is 8. The van der Waals surface area contributed by atoms with Crippen LogP contribution >= 0.6 is 11.8 Å². The number of nitrogens with one attached hydrogen (secondary N) is 2. The summed E-state index contributed by atoms with van der Waals surface area (Å²) >= 11 is 1.30. The molecule has 1 aliphatic rings. The lowest BCUT2D eigenvalue weighted by molar-refractivity contribution is -0.134. The molecule has 10 heteroatoms. The van der Waals surface area contributed by atoms with Crippen LogP contribution in [0.15, 0.2) is 9.64 Å². The van der Waals surface area contributed by atoms with Crippen LogP contribution in [0.3, 0.4) is 0 Å². The molecule has 0 bridgehead atoms. The molecule has 31 heavy (non-hydrogen) atoms. The van der Waals surface area contributed by atoms with E-state index in [0.29, 0.717) is 37.3 Å². The number of thioether (sulfide) groups is 1. The summed E-state index contributed by atoms with van der Waals surface area (Å²) < 4.78 is 10.8. The molecule has 1 saturated carbocycles. The lowest BCUT2D eigenvalue weighted by Crippen LogP contribution is -2.44. The molecular weight excluding hydrogens is 420 g/mol. The minimum absolute atomic E-state index is 0.0355. The Hall–Kier alpha value is -2.10. The largest absolute Gasteiger partial charge is 0.444 e. The lowest BCUT2D eigenvalue weighted by Gasteiger charge is -2.29. The zero-order valence-corrected chi connectivity index (χ0v) is 20.0. The van der Waals surface area contributed by atoms with Crippen LogP contribution in [0.25, 0.3) is 0 Å². The maximum absolute atomic E-state index is 12.8. The van der Waals surface area contributed by atoms with Crippen LogP contribution in [0, 0.1) is 11.8 Å². The van der Waals surface area contributed by atoms with Gasteiger partial charge < -0.3 is 14.5 Å². The summed E-state index contributed by atoms with van der Waals surface area (Å²) in [5.74, 6) is -1.20. The van der Waals surface area contributed by atoms with Crippen LogP contribution in [0.1, 0.15) is 78.5 Å². The van der Waals surface area contributed by atoms with Gasteiger partial charge in [-0.1, -0.05) is 25.6 Å². The molecule has 1 fully saturated rings. The third-order valence-corrected chi connectivity index (χ3v) is 5.50. The first-order valence-electron chi connectivity index (χ1n) is 10.7. The van der Waals surface area contributed by atoms with E-state index in [0.717, 1.165) is 0 Å². The number of ether oxygens (including phenoxy) is 1. The Morgan fingerprint density at radius 1 is 1.16 bits per heavy atom. The summed E-state index contributed by atoms with van der Waals surface area (Å²) in [5, 5.41) is 13.7. The van der Waals surface area contributed by atoms with Crippen molar-refractivity contribution in [3.63, 3.8) is 0 Å². The smallest absolute Gasteiger partial charge is 0.407 e. The molecule has 2 N–H and O–H groups in total. The molecule has 0 aromatic carbocycles. The summed E-state index contributed by atoms with van der Waals surface area (Å²) in [6, 6.07) is -0.0355. The summed E-state index contributed by atoms with van der Waals surface area (Å²) in [7, 11) is 0. The van der Waals surface area contributed by atoms with Crippen LogP contribution in [0.2, 0.25) is 0 Å². The number of alkyl carbamates (subject to hydrolysis) is 1. The Morgan fingerprint density at radius 2 is 1.81 bits per heavy atom. The third kappa shape index (κ3) is 8.16. The molecule has 1 aromatic heterocycles. The van der Waals surface area contributed by atoms with Crippen molar-refractivity contribution in [1.29, 1.82) is 0 Å². The molecule has 0 aliphatic heterocycles. The van der Waals surface area contributed by atoms with Crippen LogP contribution < -0.4 is 10.6 Å². The van der Waals surface area contributed by atoms with E-state index in [1.54, 1.807) is 0 Å². The average molecular weight is 455 g/mol. The predicted octanol–water partition coefficient (Wildman–Crippen LogP) is 3.65. The highest BCUT2D eigenvalue weighted by molar-refractivity contribution is 7.98. The standard InChI is InChI=1S/C21H34N4O5S/c1-12(2)11-15(18-24-25-20(29-18)31-6)17(27)23-16(26)13-7-9-14(10-8-13)22-19(28)30-21(3,4)5/h12-15H,7-11H2,1-6H3,(H,22,28)(H,23,26,27)/t13?,14?,15-/m1/s1. The van der Waals surface area contributed by atoms with Crippen molar-refractivity contribution in [3.05, 3.63) is 5.89 Å². The number of carbonyl (C=O) groups is 3. The number of imide groups is 1. The summed E-state index contributed by atoms with van der Waals surface area (Å²) in [5.41, 5.74) is -0.553. The summed E-state index contributed by atoms with van der Waals surface area (Å²) in [6.07, 6.45) is 4.35. The van der Waals surface area contributed by atoms with Gasteiger partial charge in [0.2, 0.25) is 17.7 Å². The molecule has 1 aromatic rings. The number of nitrogens with zero attached hydrogens (tertiary/aromatic N) is 2. The van der Waals surface area contributed by atoms with E-state index in [4.69, 9.17) is 9.15 Å². The van der Waals surface area contributed by atoms with E-state index >= 15 is 0 Å². The fourth-order valence-corrected chi connectivity index (χ4v) is 3.81.